The zero-order valence-corrected chi connectivity index (χ0v) is 9.94. The number of aryl methyl sites for hydroxylation is 1. The molecule has 3 N–H and O–H groups in total. The van der Waals surface area contributed by atoms with E-state index in [0.717, 1.165) is 5.56 Å². The van der Waals surface area contributed by atoms with Crippen molar-refractivity contribution in [3.8, 4) is 0 Å². The first-order valence-corrected chi connectivity index (χ1v) is 5.51. The predicted octanol–water partition coefficient (Wildman–Crippen LogP) is 1.29. The minimum absolute atomic E-state index is 0.133. The third kappa shape index (κ3) is 2.27. The van der Waals surface area contributed by atoms with Crippen LogP contribution in [0.15, 0.2) is 42.5 Å². The highest BCUT2D eigenvalue weighted by atomic mass is 16.3. The highest BCUT2D eigenvalue weighted by Gasteiger charge is 2.13. The maximum absolute atomic E-state index is 12.2. The Morgan fingerprint density at radius 3 is 2.28 bits per heavy atom. The second-order valence-corrected chi connectivity index (χ2v) is 4.10. The maximum atomic E-state index is 12.2. The van der Waals surface area contributed by atoms with E-state index in [1.807, 2.05) is 19.1 Å². The second-order valence-electron chi connectivity index (χ2n) is 4.10. The molecule has 0 aliphatic carbocycles. The summed E-state index contributed by atoms with van der Waals surface area (Å²) in [5, 5.41) is 1.72. The largest absolute Gasteiger partial charge is 0.393 e. The van der Waals surface area contributed by atoms with Gasteiger partial charge in [-0.2, -0.15) is 0 Å². The molecule has 0 heterocycles. The minimum atomic E-state index is -0.133. The number of nitrogens with one attached hydrogen (secondary N) is 1. The van der Waals surface area contributed by atoms with Crippen LogP contribution in [0.5, 0.6) is 0 Å². The molecule has 90 valence electrons. The number of hydrogen-bond acceptors (Lipinski definition) is 3. The molecule has 0 saturated carbocycles. The topological polar surface area (TPSA) is 74.1 Å². The van der Waals surface area contributed by atoms with E-state index in [0.29, 0.717) is 16.8 Å². The van der Waals surface area contributed by atoms with Crippen LogP contribution in [0.25, 0.3) is 0 Å². The number of nitrogen functional groups attached to an aromatic ring is 1. The van der Waals surface area contributed by atoms with E-state index in [2.05, 4.69) is 0 Å². The summed E-state index contributed by atoms with van der Waals surface area (Å²) in [5.41, 5.74) is 8.24. The Hall–Kier alpha value is -2.49. The van der Waals surface area contributed by atoms with Crippen LogP contribution >= 0.6 is 0 Å². The van der Waals surface area contributed by atoms with E-state index in [1.54, 1.807) is 29.4 Å². The van der Waals surface area contributed by atoms with Gasteiger partial charge in [0, 0.05) is 27.3 Å². The molecule has 0 fully saturated rings. The molecule has 4 nitrogen and oxygen atoms in total. The van der Waals surface area contributed by atoms with Crippen molar-refractivity contribution in [3.05, 3.63) is 64.1 Å². The summed E-state index contributed by atoms with van der Waals surface area (Å²) in [4.78, 5) is 22.8. The van der Waals surface area contributed by atoms with Crippen LogP contribution in [0.3, 0.4) is 0 Å². The molecule has 0 atom stereocenters. The molecule has 0 aliphatic rings. The molecule has 0 aromatic heterocycles. The zero-order valence-electron chi connectivity index (χ0n) is 9.94. The minimum Gasteiger partial charge on any atom is -0.393 e. The van der Waals surface area contributed by atoms with Gasteiger partial charge in [-0.15, -0.1) is 0 Å². The van der Waals surface area contributed by atoms with Crippen molar-refractivity contribution in [3.63, 3.8) is 0 Å². The summed E-state index contributed by atoms with van der Waals surface area (Å²) in [7, 11) is 0. The second kappa shape index (κ2) is 4.79. The number of nitrogens with two attached hydrogens (primary N) is 1. The SMILES string of the molecule is Cc1ccc(C(=O)c2ccc(N)c([NH+]=O)c2)cc1. The van der Waals surface area contributed by atoms with Gasteiger partial charge in [-0.05, 0) is 19.1 Å². The number of nitroso groups, excluding NO2 is 1. The van der Waals surface area contributed by atoms with Crippen molar-refractivity contribution in [2.24, 2.45) is 0 Å². The van der Waals surface area contributed by atoms with Gasteiger partial charge in [0.05, 0.1) is 0 Å². The van der Waals surface area contributed by atoms with E-state index in [9.17, 15) is 9.70 Å². The first-order chi connectivity index (χ1) is 8.61. The van der Waals surface area contributed by atoms with Gasteiger partial charge in [0.1, 0.15) is 5.69 Å². The van der Waals surface area contributed by atoms with Crippen LogP contribution in [0, 0.1) is 11.8 Å². The average Bonchev–Trinajstić information content (AvgIpc) is 2.39. The predicted molar refractivity (Wildman–Crippen MR) is 69.5 cm³/mol. The highest BCUT2D eigenvalue weighted by Crippen LogP contribution is 2.17. The normalized spacial score (nSPS) is 10.1. The first-order valence-electron chi connectivity index (χ1n) is 5.51. The van der Waals surface area contributed by atoms with Gasteiger partial charge in [0.2, 0.25) is 0 Å². The number of carbonyl (C=O) groups excluding carboxylic acids is 1. The molecule has 18 heavy (non-hydrogen) atoms. The van der Waals surface area contributed by atoms with Crippen LogP contribution in [0.2, 0.25) is 0 Å². The summed E-state index contributed by atoms with van der Waals surface area (Å²) in [6, 6.07) is 11.9. The molecule has 2 rings (SSSR count). The molecule has 0 unspecified atom stereocenters. The molecule has 4 heteroatoms. The number of rotatable bonds is 3. The fourth-order valence-electron chi connectivity index (χ4n) is 1.66. The Labute approximate surface area is 104 Å². The molecular weight excluding hydrogens is 228 g/mol. The van der Waals surface area contributed by atoms with E-state index in [4.69, 9.17) is 5.73 Å². The number of carbonyl (C=O) groups is 1. The third-order valence-corrected chi connectivity index (χ3v) is 2.74. The van der Waals surface area contributed by atoms with Gasteiger partial charge in [0.25, 0.3) is 5.69 Å². The van der Waals surface area contributed by atoms with Crippen LogP contribution < -0.4 is 10.9 Å². The summed E-state index contributed by atoms with van der Waals surface area (Å²) < 4.78 is 0. The third-order valence-electron chi connectivity index (χ3n) is 2.74. The maximum Gasteiger partial charge on any atom is 0.276 e. The summed E-state index contributed by atoms with van der Waals surface area (Å²) in [6.07, 6.45) is 0. The molecule has 0 amide bonds. The van der Waals surface area contributed by atoms with E-state index < -0.39 is 0 Å². The number of benzene rings is 2. The van der Waals surface area contributed by atoms with Crippen molar-refractivity contribution >= 4 is 17.2 Å². The van der Waals surface area contributed by atoms with Crippen LogP contribution in [0.4, 0.5) is 11.4 Å². The van der Waals surface area contributed by atoms with E-state index >= 15 is 0 Å². The van der Waals surface area contributed by atoms with Gasteiger partial charge in [-0.25, -0.2) is 0 Å². The van der Waals surface area contributed by atoms with E-state index in [-0.39, 0.29) is 11.5 Å². The molecule has 0 bridgehead atoms. The van der Waals surface area contributed by atoms with E-state index in [1.165, 1.54) is 6.07 Å². The van der Waals surface area contributed by atoms with Gasteiger partial charge < -0.3 is 5.73 Å². The molecule has 0 spiro atoms. The molecule has 0 radical (unpaired) electrons. The van der Waals surface area contributed by atoms with Gasteiger partial charge >= 0.3 is 0 Å². The lowest BCUT2D eigenvalue weighted by atomic mass is 10.0. The van der Waals surface area contributed by atoms with Crippen LogP contribution in [-0.2, 0) is 0 Å². The lowest BCUT2D eigenvalue weighted by Gasteiger charge is -2.02. The van der Waals surface area contributed by atoms with Crippen molar-refractivity contribution in [2.75, 3.05) is 5.73 Å². The van der Waals surface area contributed by atoms with Crippen molar-refractivity contribution in [2.45, 2.75) is 6.92 Å². The van der Waals surface area contributed by atoms with Gasteiger partial charge in [0.15, 0.2) is 5.78 Å². The van der Waals surface area contributed by atoms with Crippen LogP contribution in [-0.4, -0.2) is 5.78 Å². The lowest BCUT2D eigenvalue weighted by molar-refractivity contribution is -0.378. The Morgan fingerprint density at radius 2 is 1.67 bits per heavy atom. The van der Waals surface area contributed by atoms with Gasteiger partial charge in [-0.1, -0.05) is 29.8 Å². The number of ketones is 1. The Balaban J connectivity index is 2.39. The summed E-state index contributed by atoms with van der Waals surface area (Å²) in [5.74, 6) is -0.133. The summed E-state index contributed by atoms with van der Waals surface area (Å²) >= 11 is 0. The van der Waals surface area contributed by atoms with Crippen molar-refractivity contribution < 1.29 is 9.97 Å². The fraction of sp³-hybridized carbons (Fsp3) is 0.0714. The number of anilines is 1. The quantitative estimate of drug-likeness (QED) is 0.628. The van der Waals surface area contributed by atoms with Gasteiger partial charge in [-0.3, -0.25) is 4.79 Å². The standard InChI is InChI=1S/C14H12N2O2/c1-9-2-4-10(5-3-9)14(17)11-6-7-12(15)13(8-11)16-18/h2-8H,15H2,1H3/p+1. The molecule has 2 aromatic rings. The molecule has 2 aromatic carbocycles. The first kappa shape index (κ1) is 12.0. The highest BCUT2D eigenvalue weighted by molar-refractivity contribution is 6.09. The Morgan fingerprint density at radius 1 is 1.06 bits per heavy atom. The van der Waals surface area contributed by atoms with Crippen molar-refractivity contribution in [1.82, 2.24) is 0 Å². The molecule has 0 aliphatic heterocycles. The smallest absolute Gasteiger partial charge is 0.276 e. The van der Waals surface area contributed by atoms with Crippen LogP contribution in [0.1, 0.15) is 21.5 Å². The Kier molecular flexibility index (Phi) is 3.19. The number of hydrogen-bond donors (Lipinski definition) is 2. The fourth-order valence-corrected chi connectivity index (χ4v) is 1.66. The summed E-state index contributed by atoms with van der Waals surface area (Å²) in [6.45, 7) is 1.96. The zero-order chi connectivity index (χ0) is 13.1. The molecule has 0 saturated heterocycles. The molecular formula is C14H13N2O2+. The lowest BCUT2D eigenvalue weighted by Crippen LogP contribution is -2.56. The average molecular weight is 241 g/mol. The Bertz CT molecular complexity index is 604. The van der Waals surface area contributed by atoms with Crippen molar-refractivity contribution in [1.29, 1.82) is 0 Å². The monoisotopic (exact) mass is 241 g/mol.